The molecule has 0 N–H and O–H groups in total. The molecule has 9 atom stereocenters. The largest absolute Gasteiger partial charge is 0.431 e. The highest BCUT2D eigenvalue weighted by Crippen LogP contribution is 2.40. The molecule has 3 saturated heterocycles. The predicted octanol–water partition coefficient (Wildman–Crippen LogP) is 6.12. The lowest BCUT2D eigenvalue weighted by atomic mass is 9.97. The van der Waals surface area contributed by atoms with Crippen LogP contribution < -0.4 is 0 Å². The lowest BCUT2D eigenvalue weighted by molar-refractivity contribution is -0.323. The Labute approximate surface area is 316 Å². The Morgan fingerprint density at radius 2 is 1.04 bits per heavy atom. The Bertz CT molecular complexity index is 1730. The maximum absolute atomic E-state index is 14.2. The van der Waals surface area contributed by atoms with E-state index < -0.39 is 67.1 Å². The van der Waals surface area contributed by atoms with Gasteiger partial charge in [-0.2, -0.15) is 0 Å². The maximum Gasteiger partial charge on any atom is 0.340 e. The van der Waals surface area contributed by atoms with E-state index >= 15 is 0 Å². The van der Waals surface area contributed by atoms with E-state index in [9.17, 15) is 4.79 Å². The number of rotatable bonds is 16. The van der Waals surface area contributed by atoms with E-state index in [2.05, 4.69) is 0 Å². The molecule has 11 heteroatoms. The van der Waals surface area contributed by atoms with Crippen LogP contribution in [0.4, 0.5) is 0 Å². The molecule has 286 valence electrons. The van der Waals surface area contributed by atoms with Gasteiger partial charge < -0.3 is 47.4 Å². The summed E-state index contributed by atoms with van der Waals surface area (Å²) in [4.78, 5) is 14.2. The van der Waals surface area contributed by atoms with E-state index in [1.54, 1.807) is 13.8 Å². The third-order valence-corrected chi connectivity index (χ3v) is 9.55. The zero-order valence-corrected chi connectivity index (χ0v) is 30.8. The van der Waals surface area contributed by atoms with Gasteiger partial charge in [-0.05, 0) is 36.1 Å². The minimum Gasteiger partial charge on any atom is -0.431 e. The summed E-state index contributed by atoms with van der Waals surface area (Å²) in [6.45, 7) is 4.72. The molecule has 4 aromatic carbocycles. The van der Waals surface area contributed by atoms with Crippen LogP contribution in [0.15, 0.2) is 121 Å². The number of esters is 1. The number of methoxy groups -OCH3 is 1. The van der Waals surface area contributed by atoms with Crippen LogP contribution >= 0.6 is 0 Å². The molecule has 7 rings (SSSR count). The van der Waals surface area contributed by atoms with Gasteiger partial charge in [-0.1, -0.05) is 121 Å². The zero-order valence-electron chi connectivity index (χ0n) is 30.8. The number of carbonyl (C=O) groups excluding carboxylic acids is 1. The van der Waals surface area contributed by atoms with Gasteiger partial charge in [0.1, 0.15) is 36.6 Å². The number of benzene rings is 4. The highest BCUT2D eigenvalue weighted by Gasteiger charge is 2.59. The first-order valence-electron chi connectivity index (χ1n) is 18.3. The topological polar surface area (TPSA) is 109 Å². The molecular formula is C43H48O11. The third kappa shape index (κ3) is 9.61. The van der Waals surface area contributed by atoms with Crippen LogP contribution in [-0.4, -0.2) is 80.8 Å². The highest BCUT2D eigenvalue weighted by atomic mass is 16.8. The second-order valence-corrected chi connectivity index (χ2v) is 14.0. The lowest BCUT2D eigenvalue weighted by Gasteiger charge is -2.45. The molecule has 11 nitrogen and oxygen atoms in total. The molecule has 0 aliphatic carbocycles. The Kier molecular flexibility index (Phi) is 12.8. The van der Waals surface area contributed by atoms with Gasteiger partial charge in [0.15, 0.2) is 18.2 Å². The zero-order chi connectivity index (χ0) is 37.3. The maximum atomic E-state index is 14.2. The predicted molar refractivity (Wildman–Crippen MR) is 195 cm³/mol. The standard InChI is InChI=1S/C43H48O11/c1-43(2)53-36-37(51-41(45-3)39(36)54-43)40(44)52-42-38(49-27-32-22-14-7-15-23-32)35(48-26-31-20-12-6-13-21-31)34(47-25-30-18-10-5-11-19-30)33(50-42)28-46-24-29-16-8-4-9-17-29/h4-23,33-39,41-42H,24-28H2,1-3H3/t33-,34-,35+,36-,37+,38-,39-,41-,42+/m1/s1. The number of hydrogen-bond acceptors (Lipinski definition) is 11. The Morgan fingerprint density at radius 3 is 1.56 bits per heavy atom. The van der Waals surface area contributed by atoms with E-state index in [-0.39, 0.29) is 26.4 Å². The molecule has 3 aliphatic rings. The summed E-state index contributed by atoms with van der Waals surface area (Å²) < 4.78 is 63.0. The molecule has 54 heavy (non-hydrogen) atoms. The molecule has 4 aromatic rings. The van der Waals surface area contributed by atoms with E-state index in [4.69, 9.17) is 47.4 Å². The van der Waals surface area contributed by atoms with Crippen LogP contribution in [0.5, 0.6) is 0 Å². The molecule has 3 fully saturated rings. The van der Waals surface area contributed by atoms with Gasteiger partial charge in [-0.3, -0.25) is 0 Å². The van der Waals surface area contributed by atoms with Crippen LogP contribution in [0.3, 0.4) is 0 Å². The fourth-order valence-corrected chi connectivity index (χ4v) is 6.96. The summed E-state index contributed by atoms with van der Waals surface area (Å²) in [6.07, 6.45) is -7.76. The van der Waals surface area contributed by atoms with Gasteiger partial charge in [0.25, 0.3) is 0 Å². The summed E-state index contributed by atoms with van der Waals surface area (Å²) in [5, 5.41) is 0. The number of carbonyl (C=O) groups is 1. The Morgan fingerprint density at radius 1 is 0.574 bits per heavy atom. The van der Waals surface area contributed by atoms with Crippen molar-refractivity contribution in [2.24, 2.45) is 0 Å². The van der Waals surface area contributed by atoms with Crippen LogP contribution in [0.1, 0.15) is 36.1 Å². The second-order valence-electron chi connectivity index (χ2n) is 14.0. The normalized spacial score (nSPS) is 28.8. The monoisotopic (exact) mass is 740 g/mol. The quantitative estimate of drug-likeness (QED) is 0.124. The molecule has 0 saturated carbocycles. The van der Waals surface area contributed by atoms with Gasteiger partial charge in [0.05, 0.1) is 33.0 Å². The average molecular weight is 741 g/mol. The molecule has 3 aliphatic heterocycles. The summed E-state index contributed by atoms with van der Waals surface area (Å²) in [7, 11) is 1.49. The van der Waals surface area contributed by atoms with Crippen molar-refractivity contribution in [3.63, 3.8) is 0 Å². The average Bonchev–Trinajstić information content (AvgIpc) is 3.70. The van der Waals surface area contributed by atoms with Crippen LogP contribution in [0.25, 0.3) is 0 Å². The van der Waals surface area contributed by atoms with Crippen molar-refractivity contribution in [2.45, 2.75) is 101 Å². The SMILES string of the molecule is CO[C@@H]1O[C@H](C(=O)O[C@@H]2O[C@H](COCc3ccccc3)[C@@H](OCc3ccccc3)[C@H](OCc3ccccc3)[C@H]2OCc2ccccc2)[C@H]2OC(C)(C)O[C@@H]12. The second kappa shape index (κ2) is 18.1. The summed E-state index contributed by atoms with van der Waals surface area (Å²) >= 11 is 0. The fraction of sp³-hybridized carbons (Fsp3) is 0.419. The molecule has 3 heterocycles. The van der Waals surface area contributed by atoms with Crippen LogP contribution in [0, 0.1) is 0 Å². The van der Waals surface area contributed by atoms with E-state index in [1.165, 1.54) is 7.11 Å². The molecule has 0 unspecified atom stereocenters. The molecule has 0 bridgehead atoms. The Balaban J connectivity index is 1.20. The van der Waals surface area contributed by atoms with Gasteiger partial charge >= 0.3 is 5.97 Å². The minimum atomic E-state index is -1.25. The smallest absolute Gasteiger partial charge is 0.340 e. The summed E-state index contributed by atoms with van der Waals surface area (Å²) in [5.74, 6) is -1.66. The molecule has 0 aromatic heterocycles. The van der Waals surface area contributed by atoms with Crippen molar-refractivity contribution in [3.8, 4) is 0 Å². The van der Waals surface area contributed by atoms with Crippen LogP contribution in [-0.2, 0) is 78.6 Å². The van der Waals surface area contributed by atoms with E-state index in [0.717, 1.165) is 22.3 Å². The van der Waals surface area contributed by atoms with E-state index in [0.29, 0.717) is 6.61 Å². The molecular weight excluding hydrogens is 692 g/mol. The van der Waals surface area contributed by atoms with Crippen molar-refractivity contribution in [1.29, 1.82) is 0 Å². The molecule has 0 amide bonds. The fourth-order valence-electron chi connectivity index (χ4n) is 6.96. The Hall–Kier alpha value is -4.01. The van der Waals surface area contributed by atoms with Gasteiger partial charge in [0.2, 0.25) is 6.29 Å². The number of ether oxygens (including phenoxy) is 10. The van der Waals surface area contributed by atoms with Gasteiger partial charge in [0, 0.05) is 7.11 Å². The first-order valence-corrected chi connectivity index (χ1v) is 18.3. The van der Waals surface area contributed by atoms with Crippen molar-refractivity contribution >= 4 is 5.97 Å². The molecule has 0 radical (unpaired) electrons. The van der Waals surface area contributed by atoms with Crippen molar-refractivity contribution in [1.82, 2.24) is 0 Å². The van der Waals surface area contributed by atoms with Gasteiger partial charge in [-0.15, -0.1) is 0 Å². The summed E-state index contributed by atoms with van der Waals surface area (Å²) in [6, 6.07) is 39.3. The highest BCUT2D eigenvalue weighted by molar-refractivity contribution is 5.76. The van der Waals surface area contributed by atoms with E-state index in [1.807, 2.05) is 121 Å². The van der Waals surface area contributed by atoms with Crippen molar-refractivity contribution in [2.75, 3.05) is 13.7 Å². The van der Waals surface area contributed by atoms with Crippen molar-refractivity contribution in [3.05, 3.63) is 144 Å². The summed E-state index contributed by atoms with van der Waals surface area (Å²) in [5.41, 5.74) is 3.85. The first-order chi connectivity index (χ1) is 26.4. The lowest BCUT2D eigenvalue weighted by Crippen LogP contribution is -2.62. The van der Waals surface area contributed by atoms with Crippen LogP contribution in [0.2, 0.25) is 0 Å². The number of hydrogen-bond donors (Lipinski definition) is 0. The first kappa shape index (κ1) is 38.3. The van der Waals surface area contributed by atoms with Crippen molar-refractivity contribution < 1.29 is 52.2 Å². The third-order valence-electron chi connectivity index (χ3n) is 9.55. The molecule has 0 spiro atoms. The number of fused-ring (bicyclic) bond motifs is 1. The van der Waals surface area contributed by atoms with Gasteiger partial charge in [-0.25, -0.2) is 4.79 Å². The minimum absolute atomic E-state index is 0.112.